The Kier molecular flexibility index (Phi) is 5.15. The van der Waals surface area contributed by atoms with E-state index in [1.807, 2.05) is 24.3 Å². The SMILES string of the molecule is [NH3+][C@@H]1CCN(CC(=O)[O-])[C@H](C(=O)OCC2c3ccccc3-c3ccccc32)C1. The summed E-state index contributed by atoms with van der Waals surface area (Å²) in [5, 5.41) is 11.0. The lowest BCUT2D eigenvalue weighted by atomic mass is 9.97. The summed E-state index contributed by atoms with van der Waals surface area (Å²) in [6.45, 7) is 0.489. The van der Waals surface area contributed by atoms with Crippen molar-refractivity contribution in [3.63, 3.8) is 0 Å². The number of hydrogen-bond donors (Lipinski definition) is 1. The highest BCUT2D eigenvalue weighted by Gasteiger charge is 2.36. The Morgan fingerprint density at radius 3 is 2.29 bits per heavy atom. The summed E-state index contributed by atoms with van der Waals surface area (Å²) in [7, 11) is 0. The van der Waals surface area contributed by atoms with Crippen molar-refractivity contribution in [1.29, 1.82) is 0 Å². The third-order valence-corrected chi connectivity index (χ3v) is 5.78. The molecular weight excluding hydrogens is 356 g/mol. The maximum Gasteiger partial charge on any atom is 0.323 e. The number of esters is 1. The first-order valence-electron chi connectivity index (χ1n) is 9.66. The van der Waals surface area contributed by atoms with Crippen LogP contribution >= 0.6 is 0 Å². The Balaban J connectivity index is 1.51. The van der Waals surface area contributed by atoms with Crippen molar-refractivity contribution in [2.75, 3.05) is 19.7 Å². The number of aliphatic carboxylic acids is 1. The molecule has 1 heterocycles. The Morgan fingerprint density at radius 1 is 1.07 bits per heavy atom. The molecule has 28 heavy (non-hydrogen) atoms. The molecule has 0 bridgehead atoms. The van der Waals surface area contributed by atoms with E-state index in [-0.39, 0.29) is 31.1 Å². The third kappa shape index (κ3) is 3.53. The second-order valence-electron chi connectivity index (χ2n) is 7.61. The lowest BCUT2D eigenvalue weighted by Gasteiger charge is -2.35. The summed E-state index contributed by atoms with van der Waals surface area (Å²) in [4.78, 5) is 25.5. The molecule has 0 aromatic heterocycles. The molecule has 3 N–H and O–H groups in total. The third-order valence-electron chi connectivity index (χ3n) is 5.78. The fraction of sp³-hybridized carbons (Fsp3) is 0.364. The number of benzene rings is 2. The summed E-state index contributed by atoms with van der Waals surface area (Å²) in [6, 6.07) is 15.9. The Bertz CT molecular complexity index is 852. The lowest BCUT2D eigenvalue weighted by molar-refractivity contribution is -0.428. The van der Waals surface area contributed by atoms with Gasteiger partial charge in [0.25, 0.3) is 0 Å². The minimum absolute atomic E-state index is 0.00919. The van der Waals surface area contributed by atoms with Crippen LogP contribution in [0, 0.1) is 0 Å². The van der Waals surface area contributed by atoms with E-state index in [0.29, 0.717) is 13.0 Å². The van der Waals surface area contributed by atoms with Gasteiger partial charge >= 0.3 is 5.97 Å². The standard InChI is InChI=1S/C22H24N2O4/c23-14-9-10-24(12-21(25)26)20(11-14)22(27)28-13-19-17-7-3-1-5-15(17)16-6-2-4-8-18(16)19/h1-8,14,19-20H,9-13,23H2,(H,25,26)/t14-,20+/m1/s1. The molecule has 1 saturated heterocycles. The number of nitrogens with zero attached hydrogens (tertiary/aromatic N) is 1. The number of quaternary nitrogens is 1. The highest BCUT2D eigenvalue weighted by molar-refractivity contribution is 5.80. The first-order valence-corrected chi connectivity index (χ1v) is 9.66. The predicted octanol–water partition coefficient (Wildman–Crippen LogP) is 0.167. The fourth-order valence-electron chi connectivity index (χ4n) is 4.39. The largest absolute Gasteiger partial charge is 0.549 e. The first-order chi connectivity index (χ1) is 13.5. The summed E-state index contributed by atoms with van der Waals surface area (Å²) in [5.41, 5.74) is 8.70. The molecule has 0 saturated carbocycles. The molecule has 4 rings (SSSR count). The molecule has 2 aliphatic rings. The molecule has 0 amide bonds. The molecule has 1 aliphatic carbocycles. The maximum atomic E-state index is 12.8. The highest BCUT2D eigenvalue weighted by atomic mass is 16.5. The van der Waals surface area contributed by atoms with Crippen molar-refractivity contribution < 1.29 is 25.2 Å². The summed E-state index contributed by atoms with van der Waals surface area (Å²) in [6.07, 6.45) is 1.27. The van der Waals surface area contributed by atoms with Gasteiger partial charge in [0.05, 0.1) is 12.0 Å². The number of likely N-dealkylation sites (tertiary alicyclic amines) is 1. The maximum absolute atomic E-state index is 12.8. The van der Waals surface area contributed by atoms with Crippen LogP contribution in [0.25, 0.3) is 11.1 Å². The van der Waals surface area contributed by atoms with Gasteiger partial charge in [0.15, 0.2) is 0 Å². The van der Waals surface area contributed by atoms with Crippen LogP contribution in [0.2, 0.25) is 0 Å². The number of piperidine rings is 1. The molecule has 0 spiro atoms. The topological polar surface area (TPSA) is 97.3 Å². The van der Waals surface area contributed by atoms with Crippen LogP contribution in [0.5, 0.6) is 0 Å². The Labute approximate surface area is 163 Å². The Morgan fingerprint density at radius 2 is 1.68 bits per heavy atom. The quantitative estimate of drug-likeness (QED) is 0.746. The molecule has 1 aliphatic heterocycles. The molecule has 2 aromatic carbocycles. The van der Waals surface area contributed by atoms with Gasteiger partial charge in [0.2, 0.25) is 0 Å². The Hall–Kier alpha value is -2.70. The zero-order valence-corrected chi connectivity index (χ0v) is 15.7. The zero-order chi connectivity index (χ0) is 19.7. The first kappa shape index (κ1) is 18.7. The van der Waals surface area contributed by atoms with E-state index >= 15 is 0 Å². The number of carbonyl (C=O) groups is 2. The second kappa shape index (κ2) is 7.73. The normalized spacial score (nSPS) is 21.8. The average molecular weight is 380 g/mol. The second-order valence-corrected chi connectivity index (χ2v) is 7.61. The van der Waals surface area contributed by atoms with Gasteiger partial charge in [-0.05, 0) is 22.3 Å². The van der Waals surface area contributed by atoms with Gasteiger partial charge < -0.3 is 20.4 Å². The van der Waals surface area contributed by atoms with Crippen molar-refractivity contribution in [1.82, 2.24) is 4.90 Å². The summed E-state index contributed by atoms with van der Waals surface area (Å²) in [5.74, 6) is -1.57. The van der Waals surface area contributed by atoms with Crippen LogP contribution in [0.1, 0.15) is 29.9 Å². The number of carboxylic acids is 1. The summed E-state index contributed by atoms with van der Waals surface area (Å²) < 4.78 is 5.72. The number of fused-ring (bicyclic) bond motifs is 3. The highest BCUT2D eigenvalue weighted by Crippen LogP contribution is 2.44. The van der Waals surface area contributed by atoms with Gasteiger partial charge in [-0.25, -0.2) is 0 Å². The predicted molar refractivity (Wildman–Crippen MR) is 101 cm³/mol. The van der Waals surface area contributed by atoms with Gasteiger partial charge in [-0.1, -0.05) is 48.5 Å². The van der Waals surface area contributed by atoms with Gasteiger partial charge in [0, 0.05) is 31.8 Å². The number of carbonyl (C=O) groups excluding carboxylic acids is 2. The van der Waals surface area contributed by atoms with E-state index in [4.69, 9.17) is 4.74 Å². The lowest BCUT2D eigenvalue weighted by Crippen LogP contribution is -2.67. The molecule has 2 aromatic rings. The van der Waals surface area contributed by atoms with Crippen LogP contribution < -0.4 is 10.8 Å². The van der Waals surface area contributed by atoms with E-state index in [1.54, 1.807) is 4.90 Å². The van der Waals surface area contributed by atoms with Crippen molar-refractivity contribution in [2.45, 2.75) is 30.8 Å². The minimum Gasteiger partial charge on any atom is -0.549 e. The molecule has 1 fully saturated rings. The number of rotatable bonds is 5. The molecular formula is C22H24N2O4. The van der Waals surface area contributed by atoms with Crippen molar-refractivity contribution in [3.8, 4) is 11.1 Å². The van der Waals surface area contributed by atoms with Crippen LogP contribution in [-0.2, 0) is 14.3 Å². The van der Waals surface area contributed by atoms with Crippen LogP contribution in [0.3, 0.4) is 0 Å². The zero-order valence-electron chi connectivity index (χ0n) is 15.7. The van der Waals surface area contributed by atoms with Crippen molar-refractivity contribution in [2.24, 2.45) is 0 Å². The van der Waals surface area contributed by atoms with Gasteiger partial charge in [0.1, 0.15) is 12.6 Å². The van der Waals surface area contributed by atoms with E-state index in [2.05, 4.69) is 30.0 Å². The van der Waals surface area contributed by atoms with Crippen LogP contribution in [-0.4, -0.2) is 48.6 Å². The summed E-state index contributed by atoms with van der Waals surface area (Å²) >= 11 is 0. The molecule has 0 unspecified atom stereocenters. The van der Waals surface area contributed by atoms with Crippen LogP contribution in [0.15, 0.2) is 48.5 Å². The number of hydrogen-bond acceptors (Lipinski definition) is 5. The molecule has 146 valence electrons. The number of ether oxygens (including phenoxy) is 1. The van der Waals surface area contributed by atoms with Crippen molar-refractivity contribution in [3.05, 3.63) is 59.7 Å². The number of carboxylic acid groups (broad SMARTS) is 1. The van der Waals surface area contributed by atoms with Crippen LogP contribution in [0.4, 0.5) is 0 Å². The van der Waals surface area contributed by atoms with Gasteiger partial charge in [-0.3, -0.25) is 9.69 Å². The van der Waals surface area contributed by atoms with E-state index in [9.17, 15) is 14.7 Å². The molecule has 6 heteroatoms. The molecule has 0 radical (unpaired) electrons. The minimum atomic E-state index is -1.18. The molecule has 6 nitrogen and oxygen atoms in total. The fourth-order valence-corrected chi connectivity index (χ4v) is 4.39. The average Bonchev–Trinajstić information content (AvgIpc) is 3.01. The smallest absolute Gasteiger partial charge is 0.323 e. The van der Waals surface area contributed by atoms with Gasteiger partial charge in [-0.2, -0.15) is 0 Å². The van der Waals surface area contributed by atoms with E-state index in [1.165, 1.54) is 11.1 Å². The van der Waals surface area contributed by atoms with E-state index < -0.39 is 12.0 Å². The van der Waals surface area contributed by atoms with Gasteiger partial charge in [-0.15, -0.1) is 0 Å². The molecule has 2 atom stereocenters. The van der Waals surface area contributed by atoms with E-state index in [0.717, 1.165) is 17.5 Å². The van der Waals surface area contributed by atoms with Crippen molar-refractivity contribution >= 4 is 11.9 Å². The monoisotopic (exact) mass is 380 g/mol.